The van der Waals surface area contributed by atoms with Gasteiger partial charge in [0.25, 0.3) is 0 Å². The van der Waals surface area contributed by atoms with E-state index in [1.165, 1.54) is 0 Å². The van der Waals surface area contributed by atoms with E-state index in [4.69, 9.17) is 0 Å². The highest BCUT2D eigenvalue weighted by molar-refractivity contribution is 6.00. The molecule has 1 aliphatic carbocycles. The van der Waals surface area contributed by atoms with Gasteiger partial charge in [-0.25, -0.2) is 0 Å². The van der Waals surface area contributed by atoms with Gasteiger partial charge in [0.05, 0.1) is 0 Å². The average Bonchev–Trinajstić information content (AvgIpc) is 2.24. The Morgan fingerprint density at radius 1 is 1.36 bits per heavy atom. The number of hydrogen-bond acceptors (Lipinski definition) is 3. The summed E-state index contributed by atoms with van der Waals surface area (Å²) in [6.07, 6.45) is 7.44. The maximum Gasteiger partial charge on any atom is 0.179 e. The molecular weight excluding hydrogens is 176 g/mol. The van der Waals surface area contributed by atoms with Crippen LogP contribution in [0.4, 0.5) is 0 Å². The van der Waals surface area contributed by atoms with Crippen LogP contribution >= 0.6 is 0 Å². The second-order valence-electron chi connectivity index (χ2n) is 3.97. The molecule has 1 saturated heterocycles. The summed E-state index contributed by atoms with van der Waals surface area (Å²) in [5.74, 6) is 0.196. The van der Waals surface area contributed by atoms with Crippen molar-refractivity contribution in [2.24, 2.45) is 0 Å². The summed E-state index contributed by atoms with van der Waals surface area (Å²) >= 11 is 0. The summed E-state index contributed by atoms with van der Waals surface area (Å²) in [6.45, 7) is 5.84. The zero-order valence-electron chi connectivity index (χ0n) is 8.49. The van der Waals surface area contributed by atoms with Crippen molar-refractivity contribution in [1.82, 2.24) is 10.2 Å². The summed E-state index contributed by atoms with van der Waals surface area (Å²) in [5, 5.41) is 3.29. The maximum absolute atomic E-state index is 11.8. The van der Waals surface area contributed by atoms with E-state index in [-0.39, 0.29) is 5.78 Å². The van der Waals surface area contributed by atoms with Crippen molar-refractivity contribution in [2.75, 3.05) is 26.2 Å². The van der Waals surface area contributed by atoms with Crippen molar-refractivity contribution >= 4 is 5.78 Å². The van der Waals surface area contributed by atoms with Gasteiger partial charge in [-0.1, -0.05) is 18.2 Å². The molecule has 2 aliphatic rings. The Morgan fingerprint density at radius 3 is 2.71 bits per heavy atom. The van der Waals surface area contributed by atoms with Gasteiger partial charge in [-0.2, -0.15) is 0 Å². The highest BCUT2D eigenvalue weighted by atomic mass is 16.1. The van der Waals surface area contributed by atoms with Crippen molar-refractivity contribution < 1.29 is 4.79 Å². The summed E-state index contributed by atoms with van der Waals surface area (Å²) in [6, 6.07) is 0. The lowest BCUT2D eigenvalue weighted by atomic mass is 9.89. The van der Waals surface area contributed by atoms with Crippen LogP contribution in [0.2, 0.25) is 0 Å². The van der Waals surface area contributed by atoms with Gasteiger partial charge in [0.2, 0.25) is 0 Å². The molecule has 0 saturated carbocycles. The Bertz CT molecular complexity index is 290. The molecule has 1 aliphatic heterocycles. The van der Waals surface area contributed by atoms with Gasteiger partial charge < -0.3 is 5.32 Å². The Kier molecular flexibility index (Phi) is 2.52. The summed E-state index contributed by atoms with van der Waals surface area (Å²) in [5.41, 5.74) is -0.406. The zero-order valence-corrected chi connectivity index (χ0v) is 8.49. The minimum atomic E-state index is -0.406. The Hall–Kier alpha value is -0.930. The topological polar surface area (TPSA) is 32.3 Å². The molecule has 0 aromatic heterocycles. The fourth-order valence-electron chi connectivity index (χ4n) is 2.03. The maximum atomic E-state index is 11.8. The van der Waals surface area contributed by atoms with Crippen LogP contribution in [0.15, 0.2) is 24.3 Å². The lowest BCUT2D eigenvalue weighted by Crippen LogP contribution is -2.57. The molecule has 76 valence electrons. The van der Waals surface area contributed by atoms with Crippen LogP contribution in [0.25, 0.3) is 0 Å². The monoisotopic (exact) mass is 192 g/mol. The van der Waals surface area contributed by atoms with Gasteiger partial charge in [-0.3, -0.25) is 9.69 Å². The van der Waals surface area contributed by atoms with Crippen molar-refractivity contribution in [3.8, 4) is 0 Å². The zero-order chi connectivity index (χ0) is 10.0. The molecule has 0 aromatic rings. The molecule has 0 amide bonds. The van der Waals surface area contributed by atoms with Gasteiger partial charge >= 0.3 is 0 Å². The number of ketones is 1. The minimum Gasteiger partial charge on any atom is -0.314 e. The molecule has 1 fully saturated rings. The normalized spacial score (nSPS) is 33.6. The Balaban J connectivity index is 2.17. The highest BCUT2D eigenvalue weighted by Crippen LogP contribution is 2.22. The predicted octanol–water partition coefficient (Wildman–Crippen LogP) is 0.345. The number of nitrogens with one attached hydrogen (secondary N) is 1. The van der Waals surface area contributed by atoms with Gasteiger partial charge in [0, 0.05) is 26.2 Å². The van der Waals surface area contributed by atoms with Crippen molar-refractivity contribution in [3.05, 3.63) is 24.3 Å². The molecule has 14 heavy (non-hydrogen) atoms. The van der Waals surface area contributed by atoms with Gasteiger partial charge in [0.15, 0.2) is 5.78 Å². The Morgan fingerprint density at radius 2 is 2.07 bits per heavy atom. The van der Waals surface area contributed by atoms with Crippen LogP contribution in [0.1, 0.15) is 6.92 Å². The van der Waals surface area contributed by atoms with Crippen LogP contribution in [0.3, 0.4) is 0 Å². The second-order valence-corrected chi connectivity index (χ2v) is 3.97. The first kappa shape index (κ1) is 9.62. The molecule has 2 rings (SSSR count). The average molecular weight is 192 g/mol. The Labute approximate surface area is 84.5 Å². The van der Waals surface area contributed by atoms with E-state index >= 15 is 0 Å². The molecule has 1 atom stereocenters. The molecule has 3 nitrogen and oxygen atoms in total. The first-order valence-corrected chi connectivity index (χ1v) is 5.09. The lowest BCUT2D eigenvalue weighted by molar-refractivity contribution is -0.123. The number of nitrogens with zero attached hydrogens (tertiary/aromatic N) is 1. The SMILES string of the molecule is CC1(N2CCNCC2)C=CC=CC1=O. The van der Waals surface area contributed by atoms with E-state index in [2.05, 4.69) is 10.2 Å². The van der Waals surface area contributed by atoms with E-state index in [0.717, 1.165) is 26.2 Å². The number of hydrogen-bond donors (Lipinski definition) is 1. The smallest absolute Gasteiger partial charge is 0.179 e. The minimum absolute atomic E-state index is 0.196. The summed E-state index contributed by atoms with van der Waals surface area (Å²) in [4.78, 5) is 14.1. The van der Waals surface area contributed by atoms with Crippen molar-refractivity contribution in [1.29, 1.82) is 0 Å². The molecule has 0 spiro atoms. The molecule has 0 radical (unpaired) electrons. The molecule has 1 heterocycles. The first-order chi connectivity index (χ1) is 6.73. The fourth-order valence-corrected chi connectivity index (χ4v) is 2.03. The molecule has 0 bridgehead atoms. The molecular formula is C11H16N2O. The van der Waals surface area contributed by atoms with E-state index in [9.17, 15) is 4.79 Å². The predicted molar refractivity (Wildman–Crippen MR) is 56.1 cm³/mol. The van der Waals surface area contributed by atoms with E-state index in [1.807, 2.05) is 25.2 Å². The number of carbonyl (C=O) groups excluding carboxylic acids is 1. The lowest BCUT2D eigenvalue weighted by Gasteiger charge is -2.40. The van der Waals surface area contributed by atoms with E-state index in [0.29, 0.717) is 0 Å². The molecule has 1 N–H and O–H groups in total. The van der Waals surface area contributed by atoms with Crippen LogP contribution in [-0.2, 0) is 4.79 Å². The third kappa shape index (κ3) is 1.53. The van der Waals surface area contributed by atoms with Crippen LogP contribution in [0, 0.1) is 0 Å². The van der Waals surface area contributed by atoms with Crippen LogP contribution < -0.4 is 5.32 Å². The van der Waals surface area contributed by atoms with Crippen molar-refractivity contribution in [3.63, 3.8) is 0 Å². The largest absolute Gasteiger partial charge is 0.314 e. The fraction of sp³-hybridized carbons (Fsp3) is 0.545. The number of piperazine rings is 1. The number of rotatable bonds is 1. The van der Waals surface area contributed by atoms with E-state index in [1.54, 1.807) is 6.08 Å². The quantitative estimate of drug-likeness (QED) is 0.650. The van der Waals surface area contributed by atoms with Crippen LogP contribution in [0.5, 0.6) is 0 Å². The third-order valence-corrected chi connectivity index (χ3v) is 3.05. The van der Waals surface area contributed by atoms with Gasteiger partial charge in [0.1, 0.15) is 5.54 Å². The summed E-state index contributed by atoms with van der Waals surface area (Å²) in [7, 11) is 0. The van der Waals surface area contributed by atoms with Crippen molar-refractivity contribution in [2.45, 2.75) is 12.5 Å². The molecule has 3 heteroatoms. The molecule has 1 unspecified atom stereocenters. The standard InChI is InChI=1S/C11H16N2O/c1-11(5-3-2-4-10(11)14)13-8-6-12-7-9-13/h2-5,12H,6-9H2,1H3. The van der Waals surface area contributed by atoms with E-state index < -0.39 is 5.54 Å². The van der Waals surface area contributed by atoms with Gasteiger partial charge in [-0.05, 0) is 13.0 Å². The third-order valence-electron chi connectivity index (χ3n) is 3.05. The van der Waals surface area contributed by atoms with Gasteiger partial charge in [-0.15, -0.1) is 0 Å². The first-order valence-electron chi connectivity index (χ1n) is 5.09. The highest BCUT2D eigenvalue weighted by Gasteiger charge is 2.36. The number of carbonyl (C=O) groups is 1. The number of allylic oxidation sites excluding steroid dienone is 2. The van der Waals surface area contributed by atoms with Crippen LogP contribution in [-0.4, -0.2) is 42.4 Å². The molecule has 0 aromatic carbocycles. The second kappa shape index (κ2) is 3.67. The summed E-state index contributed by atoms with van der Waals surface area (Å²) < 4.78 is 0.